The van der Waals surface area contributed by atoms with E-state index in [1.807, 2.05) is 48.8 Å². The molecule has 0 aliphatic heterocycles. The van der Waals surface area contributed by atoms with E-state index >= 15 is 0 Å². The van der Waals surface area contributed by atoms with Gasteiger partial charge in [-0.15, -0.1) is 47.5 Å². The number of aryl methyl sites for hydroxylation is 2. The van der Waals surface area contributed by atoms with Gasteiger partial charge in [-0.05, 0) is 69.8 Å². The monoisotopic (exact) mass is 871 g/mol. The van der Waals surface area contributed by atoms with E-state index in [-0.39, 0.29) is 31.3 Å². The summed E-state index contributed by atoms with van der Waals surface area (Å²) in [5.74, 6) is -0.271. The van der Waals surface area contributed by atoms with Gasteiger partial charge in [0, 0.05) is 54.2 Å². The van der Waals surface area contributed by atoms with Crippen LogP contribution in [-0.4, -0.2) is 23.0 Å². The Balaban J connectivity index is 0.000000233. The molecule has 4 aromatic heterocycles. The van der Waals surface area contributed by atoms with Gasteiger partial charge in [0.2, 0.25) is 0 Å². The molecule has 7 aromatic rings. The summed E-state index contributed by atoms with van der Waals surface area (Å²) in [6.07, 6.45) is 7.43. The van der Waals surface area contributed by atoms with Gasteiger partial charge < -0.3 is 14.4 Å². The molecule has 8 rings (SSSR count). The number of pyridine rings is 3. The standard InChI is InChI=1S/C30H27N2O.C14H15FNSi.Ir/c1-18-17-32-26-21-11-13-24-27-29(20(14-15-31-27)19-8-6-5-7-9-19)33-28(24)23(21)12-10-22(26)25(18)16-30(2,3)4;1-17(2,3)13-8-9-14(16-10-13)11-4-6-12(15)7-5-11;/h5-9,13-15,17H,10,12,16H2,1-4H3;4,6-10H,1-3H3;/q2*-1;/i1D3;;. The zero-order valence-electron chi connectivity index (χ0n) is 32.7. The van der Waals surface area contributed by atoms with Crippen LogP contribution in [0.25, 0.3) is 55.7 Å². The number of hydrogen-bond acceptors (Lipinski definition) is 4. The van der Waals surface area contributed by atoms with E-state index in [2.05, 4.69) is 80.7 Å². The van der Waals surface area contributed by atoms with Gasteiger partial charge in [-0.25, -0.2) is 0 Å². The van der Waals surface area contributed by atoms with E-state index in [0.29, 0.717) is 18.4 Å². The maximum atomic E-state index is 12.8. The fraction of sp³-hybridized carbons (Fsp3) is 0.250. The van der Waals surface area contributed by atoms with Crippen molar-refractivity contribution in [1.82, 2.24) is 15.0 Å². The minimum atomic E-state index is -2.20. The van der Waals surface area contributed by atoms with Crippen LogP contribution < -0.4 is 5.19 Å². The molecule has 0 N–H and O–H groups in total. The maximum Gasteiger partial charge on any atom is 0.149 e. The van der Waals surface area contributed by atoms with Crippen molar-refractivity contribution in [2.45, 2.75) is 66.5 Å². The van der Waals surface area contributed by atoms with Crippen LogP contribution in [0.15, 0.2) is 95.8 Å². The van der Waals surface area contributed by atoms with Crippen molar-refractivity contribution in [2.75, 3.05) is 0 Å². The Hall–Kier alpha value is -4.29. The Labute approximate surface area is 319 Å². The number of halogens is 1. The first-order valence-corrected chi connectivity index (χ1v) is 20.5. The van der Waals surface area contributed by atoms with Gasteiger partial charge >= 0.3 is 0 Å². The van der Waals surface area contributed by atoms with Gasteiger partial charge in [0.05, 0.1) is 19.2 Å². The van der Waals surface area contributed by atoms with Crippen LogP contribution in [0.1, 0.15) is 47.1 Å². The number of hydrogen-bond donors (Lipinski definition) is 0. The van der Waals surface area contributed by atoms with Crippen LogP contribution in [-0.2, 0) is 39.4 Å². The molecule has 0 fully saturated rings. The smallest absolute Gasteiger partial charge is 0.149 e. The van der Waals surface area contributed by atoms with Gasteiger partial charge in [-0.3, -0.25) is 9.37 Å². The maximum absolute atomic E-state index is 12.8. The first-order chi connectivity index (χ1) is 25.1. The Bertz CT molecular complexity index is 2440. The second kappa shape index (κ2) is 14.4. The molecule has 1 aliphatic rings. The molecule has 0 saturated heterocycles. The van der Waals surface area contributed by atoms with Gasteiger partial charge in [0.1, 0.15) is 5.58 Å². The fourth-order valence-electron chi connectivity index (χ4n) is 6.63. The van der Waals surface area contributed by atoms with E-state index in [0.717, 1.165) is 78.8 Å². The van der Waals surface area contributed by atoms with Crippen molar-refractivity contribution in [3.8, 4) is 33.6 Å². The summed E-state index contributed by atoms with van der Waals surface area (Å²) in [6.45, 7) is 11.1. The Morgan fingerprint density at radius 3 is 2.31 bits per heavy atom. The minimum absolute atomic E-state index is 0. The molecule has 4 heterocycles. The third-order valence-electron chi connectivity index (χ3n) is 9.18. The molecule has 4 nitrogen and oxygen atoms in total. The first kappa shape index (κ1) is 32.6. The van der Waals surface area contributed by atoms with Crippen LogP contribution >= 0.6 is 0 Å². The van der Waals surface area contributed by atoms with Crippen molar-refractivity contribution in [3.05, 3.63) is 132 Å². The van der Waals surface area contributed by atoms with Gasteiger partial charge in [0.25, 0.3) is 0 Å². The van der Waals surface area contributed by atoms with Crippen LogP contribution in [0.5, 0.6) is 0 Å². The van der Waals surface area contributed by atoms with Crippen LogP contribution in [0.2, 0.25) is 19.6 Å². The number of benzene rings is 3. The van der Waals surface area contributed by atoms with E-state index < -0.39 is 14.9 Å². The van der Waals surface area contributed by atoms with Crippen molar-refractivity contribution < 1.29 is 33.0 Å². The summed E-state index contributed by atoms with van der Waals surface area (Å²) in [7, 11) is -1.30. The molecule has 1 radical (unpaired) electrons. The quantitative estimate of drug-likeness (QED) is 0.131. The molecule has 261 valence electrons. The Kier molecular flexibility index (Phi) is 9.19. The average molecular weight is 871 g/mol. The van der Waals surface area contributed by atoms with Crippen LogP contribution in [0.4, 0.5) is 4.39 Å². The SMILES string of the molecule is C[Si](C)(C)c1ccc(-c2[c-]cc(F)cc2)nc1.[2H]C([2H])([2H])c1cnc2c(c1CC(C)(C)C)CCc1c-2[c-]cc2c1oc1c(-c3ccccc3)ccnc12.[Ir]. The van der Waals surface area contributed by atoms with E-state index in [4.69, 9.17) is 13.5 Å². The molecule has 0 atom stereocenters. The summed E-state index contributed by atoms with van der Waals surface area (Å²) < 4.78 is 43.6. The van der Waals surface area contributed by atoms with Crippen molar-refractivity contribution in [2.24, 2.45) is 5.41 Å². The molecule has 0 bridgehead atoms. The van der Waals surface area contributed by atoms with Crippen molar-refractivity contribution in [3.63, 3.8) is 0 Å². The second-order valence-corrected chi connectivity index (χ2v) is 20.3. The Morgan fingerprint density at radius 2 is 1.65 bits per heavy atom. The number of furan rings is 1. The number of rotatable bonds is 4. The molecule has 51 heavy (non-hydrogen) atoms. The van der Waals surface area contributed by atoms with Gasteiger partial charge in [0.15, 0.2) is 0 Å². The summed E-state index contributed by atoms with van der Waals surface area (Å²) in [5, 5.41) is 2.27. The summed E-state index contributed by atoms with van der Waals surface area (Å²) in [5.41, 5.74) is 11.2. The summed E-state index contributed by atoms with van der Waals surface area (Å²) in [6, 6.07) is 29.0. The molecular weight excluding hydrogens is 826 g/mol. The van der Waals surface area contributed by atoms with E-state index in [9.17, 15) is 4.39 Å². The third kappa shape index (κ3) is 7.53. The molecule has 0 spiro atoms. The van der Waals surface area contributed by atoms with Crippen molar-refractivity contribution in [1.29, 1.82) is 0 Å². The van der Waals surface area contributed by atoms with Crippen LogP contribution in [0, 0.1) is 30.2 Å². The molecule has 0 amide bonds. The van der Waals surface area contributed by atoms with Gasteiger partial charge in [-0.1, -0.05) is 100 Å². The average Bonchev–Trinajstić information content (AvgIpc) is 3.51. The first-order valence-electron chi connectivity index (χ1n) is 18.5. The topological polar surface area (TPSA) is 51.8 Å². The molecule has 0 saturated carbocycles. The normalized spacial score (nSPS) is 13.6. The molecule has 0 unspecified atom stereocenters. The molecule has 1 aliphatic carbocycles. The zero-order chi connectivity index (χ0) is 37.7. The van der Waals surface area contributed by atoms with Crippen molar-refractivity contribution >= 4 is 35.3 Å². The number of aromatic nitrogens is 3. The van der Waals surface area contributed by atoms with E-state index in [1.54, 1.807) is 12.3 Å². The second-order valence-electron chi connectivity index (χ2n) is 15.2. The van der Waals surface area contributed by atoms with Crippen LogP contribution in [0.3, 0.4) is 0 Å². The predicted octanol–water partition coefficient (Wildman–Crippen LogP) is 10.7. The summed E-state index contributed by atoms with van der Waals surface area (Å²) in [4.78, 5) is 13.8. The van der Waals surface area contributed by atoms with E-state index in [1.165, 1.54) is 17.3 Å². The predicted molar refractivity (Wildman–Crippen MR) is 206 cm³/mol. The zero-order valence-corrected chi connectivity index (χ0v) is 33.1. The summed E-state index contributed by atoms with van der Waals surface area (Å²) >= 11 is 0. The molecular formula is C44H42FIrN3OSi-2. The largest absolute Gasteiger partial charge is 0.474 e. The molecule has 3 aromatic carbocycles. The number of fused-ring (bicyclic) bond motifs is 7. The Morgan fingerprint density at radius 1 is 0.863 bits per heavy atom. The minimum Gasteiger partial charge on any atom is -0.474 e. The third-order valence-corrected chi connectivity index (χ3v) is 11.2. The van der Waals surface area contributed by atoms with Gasteiger partial charge in [-0.2, -0.15) is 0 Å². The number of nitrogens with zero attached hydrogens (tertiary/aromatic N) is 3. The molecule has 7 heteroatoms. The fourth-order valence-corrected chi connectivity index (χ4v) is 7.66.